The minimum absolute atomic E-state index is 0.279. The molecule has 0 aliphatic rings. The van der Waals surface area contributed by atoms with Gasteiger partial charge in [0.25, 0.3) is 5.91 Å². The number of thiazole rings is 1. The topological polar surface area (TPSA) is 72.7 Å². The van der Waals surface area contributed by atoms with Crippen molar-refractivity contribution in [3.63, 3.8) is 0 Å². The molecule has 0 radical (unpaired) electrons. The molecule has 5 aromatic rings. The molecule has 0 saturated heterocycles. The second-order valence-corrected chi connectivity index (χ2v) is 8.34. The van der Waals surface area contributed by atoms with Gasteiger partial charge < -0.3 is 5.32 Å². The van der Waals surface area contributed by atoms with Crippen LogP contribution in [0.3, 0.4) is 0 Å². The highest BCUT2D eigenvalue weighted by Crippen LogP contribution is 2.31. The molecule has 0 bridgehead atoms. The highest BCUT2D eigenvalue weighted by atomic mass is 32.1. The third-order valence-corrected chi connectivity index (χ3v) is 5.96. The molecule has 0 atom stereocenters. The number of hydrogen-bond acceptors (Lipinski definition) is 5. The Labute approximate surface area is 183 Å². The molecular weight excluding hydrogens is 406 g/mol. The first kappa shape index (κ1) is 19.1. The van der Waals surface area contributed by atoms with Crippen molar-refractivity contribution in [2.45, 2.75) is 13.5 Å². The fourth-order valence-corrected chi connectivity index (χ4v) is 4.37. The van der Waals surface area contributed by atoms with Crippen molar-refractivity contribution in [3.8, 4) is 10.6 Å². The molecule has 2 heterocycles. The van der Waals surface area contributed by atoms with Crippen molar-refractivity contribution in [1.29, 1.82) is 0 Å². The summed E-state index contributed by atoms with van der Waals surface area (Å²) in [6.45, 7) is 2.65. The van der Waals surface area contributed by atoms with Gasteiger partial charge in [0.1, 0.15) is 5.01 Å². The molecule has 0 fully saturated rings. The summed E-state index contributed by atoms with van der Waals surface area (Å²) in [4.78, 5) is 17.3. The van der Waals surface area contributed by atoms with E-state index in [9.17, 15) is 4.79 Å². The maximum atomic E-state index is 12.5. The van der Waals surface area contributed by atoms with Gasteiger partial charge in [0.15, 0.2) is 5.69 Å². The normalized spacial score (nSPS) is 11.0. The molecule has 5 rings (SSSR count). The number of nitrogens with one attached hydrogen (secondary N) is 1. The van der Waals surface area contributed by atoms with Crippen LogP contribution < -0.4 is 5.32 Å². The lowest BCUT2D eigenvalue weighted by Crippen LogP contribution is -2.12. The lowest BCUT2D eigenvalue weighted by atomic mass is 10.2. The van der Waals surface area contributed by atoms with Gasteiger partial charge >= 0.3 is 0 Å². The van der Waals surface area contributed by atoms with Crippen LogP contribution in [0.25, 0.3) is 20.8 Å². The number of amides is 1. The van der Waals surface area contributed by atoms with E-state index in [-0.39, 0.29) is 11.6 Å². The van der Waals surface area contributed by atoms with E-state index in [1.54, 1.807) is 22.2 Å². The van der Waals surface area contributed by atoms with Crippen LogP contribution in [0.15, 0.2) is 79.0 Å². The van der Waals surface area contributed by atoms with Crippen LogP contribution in [-0.2, 0) is 6.54 Å². The molecule has 152 valence electrons. The summed E-state index contributed by atoms with van der Waals surface area (Å²) in [5, 5.41) is 11.9. The van der Waals surface area contributed by atoms with Gasteiger partial charge in [0.2, 0.25) is 0 Å². The number of carbonyl (C=O) groups excluding carboxylic acids is 1. The largest absolute Gasteiger partial charge is 0.321 e. The van der Waals surface area contributed by atoms with Crippen molar-refractivity contribution < 1.29 is 4.79 Å². The second kappa shape index (κ2) is 8.12. The van der Waals surface area contributed by atoms with Crippen LogP contribution in [0.4, 0.5) is 5.69 Å². The molecule has 1 N–H and O–H groups in total. The van der Waals surface area contributed by atoms with Gasteiger partial charge in [-0.15, -0.1) is 16.4 Å². The zero-order valence-corrected chi connectivity index (χ0v) is 17.6. The minimum atomic E-state index is -0.289. The Balaban J connectivity index is 1.27. The predicted octanol–water partition coefficient (Wildman–Crippen LogP) is 5.16. The number of nitrogens with zero attached hydrogens (tertiary/aromatic N) is 4. The zero-order valence-electron chi connectivity index (χ0n) is 16.8. The Morgan fingerprint density at radius 3 is 2.65 bits per heavy atom. The SMILES string of the molecule is Cc1ccc2nc(-c3ccc(NC(=O)c4cn(Cc5ccccc5)nn4)cc3)sc2c1. The number of carbonyl (C=O) groups is 1. The van der Waals surface area contributed by atoms with Crippen molar-refractivity contribution in [2.24, 2.45) is 0 Å². The highest BCUT2D eigenvalue weighted by Gasteiger charge is 2.12. The number of hydrogen-bond donors (Lipinski definition) is 1. The third-order valence-electron chi connectivity index (χ3n) is 4.89. The van der Waals surface area contributed by atoms with E-state index in [2.05, 4.69) is 34.7 Å². The number of rotatable bonds is 5. The fraction of sp³-hybridized carbons (Fsp3) is 0.0833. The average Bonchev–Trinajstić information content (AvgIpc) is 3.42. The number of benzene rings is 3. The Kier molecular flexibility index (Phi) is 5.01. The van der Waals surface area contributed by atoms with Crippen LogP contribution in [0.5, 0.6) is 0 Å². The van der Waals surface area contributed by atoms with Gasteiger partial charge in [-0.2, -0.15) is 0 Å². The smallest absolute Gasteiger partial charge is 0.277 e. The number of aromatic nitrogens is 4. The zero-order chi connectivity index (χ0) is 21.2. The molecule has 7 heteroatoms. The molecule has 0 aliphatic carbocycles. The third kappa shape index (κ3) is 4.22. The van der Waals surface area contributed by atoms with Gasteiger partial charge in [0, 0.05) is 11.3 Å². The van der Waals surface area contributed by atoms with Gasteiger partial charge in [-0.05, 0) is 54.4 Å². The first-order valence-corrected chi connectivity index (χ1v) is 10.7. The minimum Gasteiger partial charge on any atom is -0.321 e. The molecule has 31 heavy (non-hydrogen) atoms. The first-order chi connectivity index (χ1) is 15.1. The first-order valence-electron chi connectivity index (χ1n) is 9.87. The second-order valence-electron chi connectivity index (χ2n) is 7.31. The summed E-state index contributed by atoms with van der Waals surface area (Å²) in [6, 6.07) is 23.9. The standard InChI is InChI=1S/C24H19N5OS/c1-16-7-12-20-22(13-16)31-24(26-20)18-8-10-19(11-9-18)25-23(30)21-15-29(28-27-21)14-17-5-3-2-4-6-17/h2-13,15H,14H2,1H3,(H,25,30). The molecule has 1 amide bonds. The molecule has 0 spiro atoms. The van der Waals surface area contributed by atoms with E-state index in [1.165, 1.54) is 10.3 Å². The maximum absolute atomic E-state index is 12.5. The van der Waals surface area contributed by atoms with Crippen LogP contribution in [-0.4, -0.2) is 25.9 Å². The molecular formula is C24H19N5OS. The van der Waals surface area contributed by atoms with Crippen LogP contribution in [0, 0.1) is 6.92 Å². The monoisotopic (exact) mass is 425 g/mol. The number of aryl methyl sites for hydroxylation is 1. The lowest BCUT2D eigenvalue weighted by Gasteiger charge is -2.04. The average molecular weight is 426 g/mol. The van der Waals surface area contributed by atoms with Gasteiger partial charge in [-0.25, -0.2) is 9.67 Å². The van der Waals surface area contributed by atoms with E-state index in [4.69, 9.17) is 4.98 Å². The summed E-state index contributed by atoms with van der Waals surface area (Å²) >= 11 is 1.67. The quantitative estimate of drug-likeness (QED) is 0.422. The van der Waals surface area contributed by atoms with Crippen LogP contribution >= 0.6 is 11.3 Å². The Morgan fingerprint density at radius 1 is 1.03 bits per heavy atom. The van der Waals surface area contributed by atoms with Crippen molar-refractivity contribution in [3.05, 3.63) is 95.8 Å². The Morgan fingerprint density at radius 2 is 1.84 bits per heavy atom. The van der Waals surface area contributed by atoms with Gasteiger partial charge in [0.05, 0.1) is 23.0 Å². The van der Waals surface area contributed by atoms with Gasteiger partial charge in [-0.3, -0.25) is 4.79 Å². The van der Waals surface area contributed by atoms with Crippen molar-refractivity contribution in [1.82, 2.24) is 20.0 Å². The molecule has 2 aromatic heterocycles. The summed E-state index contributed by atoms with van der Waals surface area (Å²) in [5.41, 5.74) is 5.32. The summed E-state index contributed by atoms with van der Waals surface area (Å²) in [6.07, 6.45) is 1.65. The van der Waals surface area contributed by atoms with Gasteiger partial charge in [-0.1, -0.05) is 41.6 Å². The van der Waals surface area contributed by atoms with E-state index in [0.29, 0.717) is 12.2 Å². The molecule has 0 saturated carbocycles. The van der Waals surface area contributed by atoms with E-state index in [1.807, 2.05) is 60.7 Å². The number of fused-ring (bicyclic) bond motifs is 1. The highest BCUT2D eigenvalue weighted by molar-refractivity contribution is 7.21. The summed E-state index contributed by atoms with van der Waals surface area (Å²) < 4.78 is 2.83. The van der Waals surface area contributed by atoms with Crippen molar-refractivity contribution in [2.75, 3.05) is 5.32 Å². The van der Waals surface area contributed by atoms with Crippen LogP contribution in [0.1, 0.15) is 21.6 Å². The number of anilines is 1. The molecule has 6 nitrogen and oxygen atoms in total. The lowest BCUT2D eigenvalue weighted by molar-refractivity contribution is 0.102. The summed E-state index contributed by atoms with van der Waals surface area (Å²) in [5.74, 6) is -0.289. The van der Waals surface area contributed by atoms with Crippen molar-refractivity contribution >= 4 is 33.1 Å². The fourth-order valence-electron chi connectivity index (χ4n) is 3.30. The maximum Gasteiger partial charge on any atom is 0.277 e. The predicted molar refractivity (Wildman–Crippen MR) is 123 cm³/mol. The van der Waals surface area contributed by atoms with E-state index < -0.39 is 0 Å². The Bertz CT molecular complexity index is 1360. The Hall–Kier alpha value is -3.84. The van der Waals surface area contributed by atoms with Crippen LogP contribution in [0.2, 0.25) is 0 Å². The molecule has 3 aromatic carbocycles. The molecule has 0 aliphatic heterocycles. The summed E-state index contributed by atoms with van der Waals surface area (Å²) in [7, 11) is 0. The van der Waals surface area contributed by atoms with E-state index >= 15 is 0 Å². The molecule has 0 unspecified atom stereocenters. The van der Waals surface area contributed by atoms with E-state index in [0.717, 1.165) is 21.7 Å².